The van der Waals surface area contributed by atoms with Crippen molar-refractivity contribution in [2.45, 2.75) is 18.5 Å². The highest BCUT2D eigenvalue weighted by Gasteiger charge is 2.57. The quantitative estimate of drug-likeness (QED) is 0.408. The first-order valence-corrected chi connectivity index (χ1v) is 3.28. The summed E-state index contributed by atoms with van der Waals surface area (Å²) in [6.45, 7) is 2.69. The van der Waals surface area contributed by atoms with Crippen molar-refractivity contribution in [2.75, 3.05) is 0 Å². The fourth-order valence-corrected chi connectivity index (χ4v) is 0.505. The Morgan fingerprint density at radius 1 is 1.23 bits per heavy atom. The topological polar surface area (TPSA) is 17.1 Å². The number of hydrogen-bond acceptors (Lipinski definition) is 1. The van der Waals surface area contributed by atoms with Crippen LogP contribution in [0.2, 0.25) is 0 Å². The molecule has 0 amide bonds. The molecule has 0 N–H and O–H groups in total. The summed E-state index contributed by atoms with van der Waals surface area (Å²) in [5.74, 6) is -4.96. The van der Waals surface area contributed by atoms with Gasteiger partial charge in [0.05, 0.1) is 6.42 Å². The Kier molecular flexibility index (Phi) is 3.43. The molecule has 0 rings (SSSR count). The van der Waals surface area contributed by atoms with Crippen molar-refractivity contribution >= 4 is 16.8 Å². The molecule has 0 aliphatic carbocycles. The molecule has 0 radical (unpaired) electrons. The van der Waals surface area contributed by atoms with E-state index in [1.54, 1.807) is 0 Å². The minimum Gasteiger partial charge on any atom is -0.276 e. The third kappa shape index (κ3) is 3.30. The Balaban J connectivity index is 4.53. The lowest BCUT2D eigenvalue weighted by Crippen LogP contribution is -2.37. The molecular formula is C6H4ClF5O. The second kappa shape index (κ2) is 3.61. The van der Waals surface area contributed by atoms with Crippen molar-refractivity contribution in [2.24, 2.45) is 0 Å². The van der Waals surface area contributed by atoms with Gasteiger partial charge in [-0.2, -0.15) is 22.0 Å². The summed E-state index contributed by atoms with van der Waals surface area (Å²) in [5.41, 5.74) is -0.969. The standard InChI is InChI=1S/C6H4ClF5O/c1-3(4(7)13)2-5(8,9)6(10,11)12/h1-2H2. The van der Waals surface area contributed by atoms with E-state index in [-0.39, 0.29) is 0 Å². The number of halogens is 6. The molecular weight excluding hydrogens is 219 g/mol. The molecule has 0 heterocycles. The number of carbonyl (C=O) groups excluding carboxylic acids is 1. The average Bonchev–Trinajstić information content (AvgIpc) is 1.83. The van der Waals surface area contributed by atoms with E-state index in [0.29, 0.717) is 0 Å². The van der Waals surface area contributed by atoms with Crippen LogP contribution in [0.3, 0.4) is 0 Å². The molecule has 0 fully saturated rings. The van der Waals surface area contributed by atoms with E-state index in [4.69, 9.17) is 0 Å². The zero-order valence-electron chi connectivity index (χ0n) is 6.09. The first-order chi connectivity index (χ1) is 5.58. The molecule has 76 valence electrons. The minimum absolute atomic E-state index is 0.969. The number of alkyl halides is 5. The molecule has 0 aromatic heterocycles. The largest absolute Gasteiger partial charge is 0.453 e. The van der Waals surface area contributed by atoms with Crippen LogP contribution < -0.4 is 0 Å². The summed E-state index contributed by atoms with van der Waals surface area (Å²) < 4.78 is 58.8. The second-order valence-corrected chi connectivity index (χ2v) is 2.60. The van der Waals surface area contributed by atoms with Gasteiger partial charge >= 0.3 is 12.1 Å². The summed E-state index contributed by atoms with van der Waals surface area (Å²) in [7, 11) is 0. The molecule has 0 aromatic rings. The van der Waals surface area contributed by atoms with Gasteiger partial charge in [-0.1, -0.05) is 6.58 Å². The van der Waals surface area contributed by atoms with Gasteiger partial charge in [-0.05, 0) is 11.6 Å². The summed E-state index contributed by atoms with van der Waals surface area (Å²) in [5, 5.41) is -1.40. The Morgan fingerprint density at radius 3 is 1.85 bits per heavy atom. The third-order valence-electron chi connectivity index (χ3n) is 1.13. The predicted octanol–water partition coefficient (Wildman–Crippen LogP) is 2.90. The normalized spacial score (nSPS) is 12.8. The van der Waals surface area contributed by atoms with Gasteiger partial charge in [0, 0.05) is 5.57 Å². The van der Waals surface area contributed by atoms with Gasteiger partial charge < -0.3 is 0 Å². The molecule has 0 atom stereocenters. The van der Waals surface area contributed by atoms with E-state index >= 15 is 0 Å². The molecule has 7 heteroatoms. The molecule has 0 bridgehead atoms. The summed E-state index contributed by atoms with van der Waals surface area (Å²) in [4.78, 5) is 10.1. The van der Waals surface area contributed by atoms with Crippen LogP contribution >= 0.6 is 11.6 Å². The highest BCUT2D eigenvalue weighted by atomic mass is 35.5. The molecule has 0 unspecified atom stereocenters. The van der Waals surface area contributed by atoms with Crippen LogP contribution in [-0.4, -0.2) is 17.3 Å². The van der Waals surface area contributed by atoms with E-state index in [1.807, 2.05) is 0 Å². The Bertz CT molecular complexity index is 232. The summed E-state index contributed by atoms with van der Waals surface area (Å²) in [6.07, 6.45) is -7.50. The Hall–Kier alpha value is -0.650. The van der Waals surface area contributed by atoms with Crippen molar-refractivity contribution in [3.8, 4) is 0 Å². The van der Waals surface area contributed by atoms with E-state index in [2.05, 4.69) is 18.2 Å². The van der Waals surface area contributed by atoms with Crippen molar-refractivity contribution in [1.29, 1.82) is 0 Å². The fraction of sp³-hybridized carbons (Fsp3) is 0.500. The van der Waals surface area contributed by atoms with E-state index < -0.39 is 29.3 Å². The van der Waals surface area contributed by atoms with Gasteiger partial charge in [0.15, 0.2) is 0 Å². The van der Waals surface area contributed by atoms with Gasteiger partial charge in [0.1, 0.15) is 0 Å². The highest BCUT2D eigenvalue weighted by Crippen LogP contribution is 2.39. The van der Waals surface area contributed by atoms with E-state index in [9.17, 15) is 26.7 Å². The first-order valence-electron chi connectivity index (χ1n) is 2.90. The van der Waals surface area contributed by atoms with Gasteiger partial charge in [0.25, 0.3) is 0 Å². The van der Waals surface area contributed by atoms with Crippen molar-refractivity contribution in [3.05, 3.63) is 12.2 Å². The number of carbonyl (C=O) groups is 1. The molecule has 13 heavy (non-hydrogen) atoms. The predicted molar refractivity (Wildman–Crippen MR) is 35.6 cm³/mol. The lowest BCUT2D eigenvalue weighted by molar-refractivity contribution is -0.280. The molecule has 0 aliphatic heterocycles. The van der Waals surface area contributed by atoms with Crippen molar-refractivity contribution < 1.29 is 26.7 Å². The maximum Gasteiger partial charge on any atom is 0.453 e. The van der Waals surface area contributed by atoms with Crippen LogP contribution in [0.25, 0.3) is 0 Å². The SMILES string of the molecule is C=C(CC(F)(F)C(F)(F)F)C(=O)Cl. The second-order valence-electron chi connectivity index (χ2n) is 2.26. The van der Waals surface area contributed by atoms with Gasteiger partial charge in [0.2, 0.25) is 5.24 Å². The lowest BCUT2D eigenvalue weighted by Gasteiger charge is -2.19. The maximum atomic E-state index is 12.1. The van der Waals surface area contributed by atoms with Crippen molar-refractivity contribution in [3.63, 3.8) is 0 Å². The van der Waals surface area contributed by atoms with E-state index in [1.165, 1.54) is 0 Å². The molecule has 1 nitrogen and oxygen atoms in total. The van der Waals surface area contributed by atoms with Crippen LogP contribution in [0.1, 0.15) is 6.42 Å². The smallest absolute Gasteiger partial charge is 0.276 e. The molecule has 0 aromatic carbocycles. The monoisotopic (exact) mass is 222 g/mol. The van der Waals surface area contributed by atoms with Crippen molar-refractivity contribution in [1.82, 2.24) is 0 Å². The van der Waals surface area contributed by atoms with Gasteiger partial charge in [-0.25, -0.2) is 0 Å². The summed E-state index contributed by atoms with van der Waals surface area (Å²) >= 11 is 4.65. The minimum atomic E-state index is -5.69. The number of rotatable bonds is 3. The average molecular weight is 223 g/mol. The fourth-order valence-electron chi connectivity index (χ4n) is 0.438. The lowest BCUT2D eigenvalue weighted by atomic mass is 10.1. The van der Waals surface area contributed by atoms with Crippen LogP contribution in [0.4, 0.5) is 22.0 Å². The molecule has 0 saturated carbocycles. The van der Waals surface area contributed by atoms with Crippen LogP contribution in [0.15, 0.2) is 12.2 Å². The molecule has 0 saturated heterocycles. The maximum absolute atomic E-state index is 12.1. The van der Waals surface area contributed by atoms with Crippen LogP contribution in [0, 0.1) is 0 Å². The zero-order valence-corrected chi connectivity index (χ0v) is 6.85. The highest BCUT2D eigenvalue weighted by molar-refractivity contribution is 6.67. The Morgan fingerprint density at radius 2 is 1.62 bits per heavy atom. The summed E-state index contributed by atoms with van der Waals surface area (Å²) in [6, 6.07) is 0. The van der Waals surface area contributed by atoms with Gasteiger partial charge in [-0.15, -0.1) is 0 Å². The number of hydrogen-bond donors (Lipinski definition) is 0. The molecule has 0 aliphatic rings. The Labute approximate surface area is 75.2 Å². The molecule has 0 spiro atoms. The van der Waals surface area contributed by atoms with Crippen LogP contribution in [0.5, 0.6) is 0 Å². The third-order valence-corrected chi connectivity index (χ3v) is 1.40. The first kappa shape index (κ1) is 12.3. The van der Waals surface area contributed by atoms with Crippen LogP contribution in [-0.2, 0) is 4.79 Å². The van der Waals surface area contributed by atoms with Gasteiger partial charge in [-0.3, -0.25) is 4.79 Å². The number of allylic oxidation sites excluding steroid dienone is 1. The van der Waals surface area contributed by atoms with E-state index in [0.717, 1.165) is 0 Å². The zero-order chi connectivity index (χ0) is 10.9.